The van der Waals surface area contributed by atoms with Gasteiger partial charge in [0.1, 0.15) is 12.6 Å². The van der Waals surface area contributed by atoms with Crippen molar-refractivity contribution < 1.29 is 10.1 Å². The van der Waals surface area contributed by atoms with Crippen molar-refractivity contribution in [1.82, 2.24) is 9.78 Å². The Morgan fingerprint density at radius 2 is 2.33 bits per heavy atom. The lowest BCUT2D eigenvalue weighted by Crippen LogP contribution is -2.84. The fraction of sp³-hybridized carbons (Fsp3) is 0.500. The molecular formula is C14H20N3O+. The molecule has 1 aromatic heterocycles. The number of likely N-dealkylation sites (N-methyl/N-ethyl adjacent to an activating group) is 1. The smallest absolute Gasteiger partial charge is 0.148 e. The van der Waals surface area contributed by atoms with Crippen LogP contribution < -0.4 is 5.32 Å². The molecule has 1 aliphatic heterocycles. The molecular weight excluding hydrogens is 226 g/mol. The van der Waals surface area contributed by atoms with E-state index in [2.05, 4.69) is 35.1 Å². The summed E-state index contributed by atoms with van der Waals surface area (Å²) in [4.78, 5) is 0. The lowest BCUT2D eigenvalue weighted by Gasteiger charge is -2.14. The molecule has 2 aromatic rings. The van der Waals surface area contributed by atoms with Gasteiger partial charge >= 0.3 is 0 Å². The molecule has 0 bridgehead atoms. The van der Waals surface area contributed by atoms with E-state index in [1.807, 2.05) is 6.07 Å². The van der Waals surface area contributed by atoms with Crippen LogP contribution in [0.5, 0.6) is 0 Å². The average Bonchev–Trinajstić information content (AvgIpc) is 2.65. The highest BCUT2D eigenvalue weighted by atomic mass is 16.5. The summed E-state index contributed by atoms with van der Waals surface area (Å²) in [5.41, 5.74) is 2.34. The van der Waals surface area contributed by atoms with Crippen LogP contribution in [0.3, 0.4) is 0 Å². The predicted octanol–water partition coefficient (Wildman–Crippen LogP) is 1.08. The van der Waals surface area contributed by atoms with Crippen molar-refractivity contribution in [2.75, 3.05) is 19.7 Å². The first-order valence-electron chi connectivity index (χ1n) is 6.79. The standard InChI is InChI=1S/C14H19N3O/c1-2-15-10-13-14-11-6-3-4-7-12(11)16-17(14)8-5-9-18-13/h3-4,6-7,13,15H,2,5,8-10H2,1H3/p+1. The van der Waals surface area contributed by atoms with Gasteiger partial charge in [0.05, 0.1) is 17.8 Å². The van der Waals surface area contributed by atoms with Gasteiger partial charge in [0.15, 0.2) is 0 Å². The highest BCUT2D eigenvalue weighted by Gasteiger charge is 2.24. The van der Waals surface area contributed by atoms with Crippen LogP contribution in [0, 0.1) is 0 Å². The molecule has 4 nitrogen and oxygen atoms in total. The summed E-state index contributed by atoms with van der Waals surface area (Å²) in [5.74, 6) is 0. The number of aryl methyl sites for hydroxylation is 1. The summed E-state index contributed by atoms with van der Waals surface area (Å²) in [6.45, 7) is 6.04. The normalized spacial score (nSPS) is 19.7. The number of quaternary nitrogens is 1. The van der Waals surface area contributed by atoms with Gasteiger partial charge in [-0.25, -0.2) is 0 Å². The first-order chi connectivity index (χ1) is 8.90. The van der Waals surface area contributed by atoms with E-state index >= 15 is 0 Å². The minimum atomic E-state index is 0.167. The molecule has 2 heterocycles. The first-order valence-corrected chi connectivity index (χ1v) is 6.79. The number of fused-ring (bicyclic) bond motifs is 3. The van der Waals surface area contributed by atoms with Crippen molar-refractivity contribution in [1.29, 1.82) is 0 Å². The highest BCUT2D eigenvalue weighted by molar-refractivity contribution is 5.81. The monoisotopic (exact) mass is 246 g/mol. The number of aromatic nitrogens is 2. The third kappa shape index (κ3) is 2.02. The number of nitrogens with two attached hydrogens (primary N) is 1. The molecule has 4 heteroatoms. The molecule has 2 N–H and O–H groups in total. The molecule has 0 amide bonds. The Balaban J connectivity index is 2.05. The summed E-state index contributed by atoms with van der Waals surface area (Å²) in [7, 11) is 0. The fourth-order valence-corrected chi connectivity index (χ4v) is 2.63. The second kappa shape index (κ2) is 5.08. The Morgan fingerprint density at radius 3 is 3.22 bits per heavy atom. The van der Waals surface area contributed by atoms with E-state index in [-0.39, 0.29) is 6.10 Å². The Morgan fingerprint density at radius 1 is 1.44 bits per heavy atom. The fourth-order valence-electron chi connectivity index (χ4n) is 2.63. The van der Waals surface area contributed by atoms with Gasteiger partial charge in [-0.3, -0.25) is 4.68 Å². The van der Waals surface area contributed by atoms with Crippen LogP contribution in [0.1, 0.15) is 25.1 Å². The van der Waals surface area contributed by atoms with Crippen molar-refractivity contribution in [3.8, 4) is 0 Å². The van der Waals surface area contributed by atoms with E-state index in [0.717, 1.165) is 38.2 Å². The van der Waals surface area contributed by atoms with Gasteiger partial charge in [0, 0.05) is 18.5 Å². The number of nitrogens with zero attached hydrogens (tertiary/aromatic N) is 2. The molecule has 1 atom stereocenters. The number of hydrogen-bond donors (Lipinski definition) is 1. The van der Waals surface area contributed by atoms with E-state index in [1.165, 1.54) is 11.1 Å². The van der Waals surface area contributed by atoms with Crippen LogP contribution in [-0.2, 0) is 11.3 Å². The van der Waals surface area contributed by atoms with Crippen LogP contribution in [-0.4, -0.2) is 29.5 Å². The van der Waals surface area contributed by atoms with E-state index in [0.29, 0.717) is 0 Å². The second-order valence-corrected chi connectivity index (χ2v) is 4.77. The molecule has 0 spiro atoms. The number of rotatable bonds is 3. The maximum atomic E-state index is 6.01. The lowest BCUT2D eigenvalue weighted by atomic mass is 10.1. The van der Waals surface area contributed by atoms with Crippen molar-refractivity contribution in [3.05, 3.63) is 30.0 Å². The van der Waals surface area contributed by atoms with Crippen molar-refractivity contribution >= 4 is 10.9 Å². The SMILES string of the molecule is CC[NH2+]CC1OCCCn2nc3ccccc3c21. The average molecular weight is 246 g/mol. The molecule has 0 saturated carbocycles. The van der Waals surface area contributed by atoms with Crippen molar-refractivity contribution in [2.24, 2.45) is 0 Å². The molecule has 18 heavy (non-hydrogen) atoms. The zero-order valence-corrected chi connectivity index (χ0v) is 10.8. The Hall–Kier alpha value is -1.39. The van der Waals surface area contributed by atoms with Gasteiger partial charge in [0.2, 0.25) is 0 Å². The Labute approximate surface area is 107 Å². The molecule has 0 radical (unpaired) electrons. The third-order valence-corrected chi connectivity index (χ3v) is 3.49. The summed E-state index contributed by atoms with van der Waals surface area (Å²) in [6, 6.07) is 8.36. The van der Waals surface area contributed by atoms with Gasteiger partial charge in [-0.05, 0) is 19.4 Å². The molecule has 3 rings (SSSR count). The summed E-state index contributed by atoms with van der Waals surface area (Å²) in [6.07, 6.45) is 1.21. The summed E-state index contributed by atoms with van der Waals surface area (Å²) < 4.78 is 8.15. The van der Waals surface area contributed by atoms with Gasteiger partial charge in [-0.2, -0.15) is 5.10 Å². The third-order valence-electron chi connectivity index (χ3n) is 3.49. The topological polar surface area (TPSA) is 43.7 Å². The van der Waals surface area contributed by atoms with Crippen molar-refractivity contribution in [2.45, 2.75) is 26.0 Å². The lowest BCUT2D eigenvalue weighted by molar-refractivity contribution is -0.659. The van der Waals surface area contributed by atoms with Crippen molar-refractivity contribution in [3.63, 3.8) is 0 Å². The molecule has 0 fully saturated rings. The van der Waals surface area contributed by atoms with Crippen LogP contribution in [0.4, 0.5) is 0 Å². The van der Waals surface area contributed by atoms with Gasteiger partial charge in [0.25, 0.3) is 0 Å². The van der Waals surface area contributed by atoms with Gasteiger partial charge in [-0.1, -0.05) is 18.2 Å². The largest absolute Gasteiger partial charge is 0.366 e. The molecule has 1 unspecified atom stereocenters. The van der Waals surface area contributed by atoms with E-state index in [1.54, 1.807) is 0 Å². The molecule has 1 aliphatic rings. The zero-order chi connectivity index (χ0) is 12.4. The zero-order valence-electron chi connectivity index (χ0n) is 10.8. The molecule has 0 saturated heterocycles. The number of hydrogen-bond acceptors (Lipinski definition) is 2. The second-order valence-electron chi connectivity index (χ2n) is 4.77. The van der Waals surface area contributed by atoms with Crippen LogP contribution in [0.25, 0.3) is 10.9 Å². The minimum Gasteiger partial charge on any atom is -0.366 e. The van der Waals surface area contributed by atoms with Gasteiger partial charge < -0.3 is 10.1 Å². The predicted molar refractivity (Wildman–Crippen MR) is 70.4 cm³/mol. The van der Waals surface area contributed by atoms with Crippen LogP contribution in [0.2, 0.25) is 0 Å². The number of ether oxygens (including phenoxy) is 1. The molecule has 96 valence electrons. The maximum absolute atomic E-state index is 6.01. The highest BCUT2D eigenvalue weighted by Crippen LogP contribution is 2.28. The van der Waals surface area contributed by atoms with E-state index in [9.17, 15) is 0 Å². The summed E-state index contributed by atoms with van der Waals surface area (Å²) in [5, 5.41) is 8.23. The molecule has 0 aliphatic carbocycles. The Kier molecular flexibility index (Phi) is 3.30. The van der Waals surface area contributed by atoms with E-state index < -0.39 is 0 Å². The van der Waals surface area contributed by atoms with Gasteiger partial charge in [-0.15, -0.1) is 0 Å². The molecule has 1 aromatic carbocycles. The van der Waals surface area contributed by atoms with Crippen LogP contribution >= 0.6 is 0 Å². The van der Waals surface area contributed by atoms with Crippen LogP contribution in [0.15, 0.2) is 24.3 Å². The summed E-state index contributed by atoms with van der Waals surface area (Å²) >= 11 is 0. The number of benzene rings is 1. The first kappa shape index (κ1) is 11.7. The maximum Gasteiger partial charge on any atom is 0.148 e. The quantitative estimate of drug-likeness (QED) is 0.880. The minimum absolute atomic E-state index is 0.167. The Bertz CT molecular complexity index is 535. The van der Waals surface area contributed by atoms with E-state index in [4.69, 9.17) is 9.84 Å².